The number of Topliss-reactive ketones (excluding diaryl/α,β-unsaturated/α-hetero) is 1. The van der Waals surface area contributed by atoms with Gasteiger partial charge in [0.1, 0.15) is 5.69 Å². The van der Waals surface area contributed by atoms with E-state index >= 15 is 0 Å². The molecule has 2 aromatic heterocycles. The molecule has 5 rings (SSSR count). The third kappa shape index (κ3) is 4.18. The predicted octanol–water partition coefficient (Wildman–Crippen LogP) is 5.77. The van der Waals surface area contributed by atoms with Crippen molar-refractivity contribution in [2.75, 3.05) is 5.32 Å². The van der Waals surface area contributed by atoms with Gasteiger partial charge in [0.25, 0.3) is 0 Å². The van der Waals surface area contributed by atoms with E-state index in [2.05, 4.69) is 5.32 Å². The zero-order valence-electron chi connectivity index (χ0n) is 17.3. The zero-order valence-corrected chi connectivity index (χ0v) is 18.1. The van der Waals surface area contributed by atoms with E-state index < -0.39 is 0 Å². The first-order chi connectivity index (χ1) is 15.7. The molecule has 1 N–H and O–H groups in total. The maximum atomic E-state index is 12.6. The Balaban J connectivity index is 1.39. The third-order valence-electron chi connectivity index (χ3n) is 5.46. The average Bonchev–Trinajstić information content (AvgIpc) is 3.49. The van der Waals surface area contributed by atoms with Gasteiger partial charge in [0.15, 0.2) is 5.78 Å². The highest BCUT2D eigenvalue weighted by Crippen LogP contribution is 2.29. The summed E-state index contributed by atoms with van der Waals surface area (Å²) in [6.07, 6.45) is 7.58. The van der Waals surface area contributed by atoms with Gasteiger partial charge in [0.05, 0.1) is 10.6 Å². The van der Waals surface area contributed by atoms with E-state index in [1.165, 1.54) is 6.08 Å². The molecular formula is C26H21N3O2S. The predicted molar refractivity (Wildman–Crippen MR) is 128 cm³/mol. The van der Waals surface area contributed by atoms with Crippen molar-refractivity contribution in [1.82, 2.24) is 9.78 Å². The summed E-state index contributed by atoms with van der Waals surface area (Å²) >= 11 is 1.61. The van der Waals surface area contributed by atoms with E-state index in [0.717, 1.165) is 45.8 Å². The summed E-state index contributed by atoms with van der Waals surface area (Å²) in [5.41, 5.74) is 5.05. The van der Waals surface area contributed by atoms with Crippen LogP contribution < -0.4 is 5.32 Å². The van der Waals surface area contributed by atoms with Crippen LogP contribution in [0.1, 0.15) is 34.3 Å². The number of nitrogens with zero attached hydrogens (tertiary/aromatic N) is 2. The standard InChI is InChI=1S/C26H21N3O2S/c30-23-9-4-6-18-11-13-20(16-22(18)23)27-25(31)14-12-19-17-29(21-7-2-1-3-8-21)28-26(19)24-10-5-15-32-24/h1-3,5,7-8,10-17H,4,6,9H2,(H,27,31). The number of para-hydroxylation sites is 1. The Morgan fingerprint density at radius 1 is 1.06 bits per heavy atom. The fourth-order valence-electron chi connectivity index (χ4n) is 3.88. The second kappa shape index (κ2) is 8.77. The molecule has 0 saturated heterocycles. The van der Waals surface area contributed by atoms with Gasteiger partial charge in [-0.3, -0.25) is 9.59 Å². The lowest BCUT2D eigenvalue weighted by atomic mass is 9.90. The van der Waals surface area contributed by atoms with E-state index in [0.29, 0.717) is 12.1 Å². The number of hydrogen-bond acceptors (Lipinski definition) is 4. The number of rotatable bonds is 5. The van der Waals surface area contributed by atoms with E-state index in [1.807, 2.05) is 70.9 Å². The fraction of sp³-hybridized carbons (Fsp3) is 0.115. The summed E-state index contributed by atoms with van der Waals surface area (Å²) in [5.74, 6) is -0.107. The van der Waals surface area contributed by atoms with Crippen molar-refractivity contribution in [3.8, 4) is 16.3 Å². The number of ketones is 1. The van der Waals surface area contributed by atoms with Crippen LogP contribution in [-0.4, -0.2) is 21.5 Å². The van der Waals surface area contributed by atoms with Gasteiger partial charge >= 0.3 is 0 Å². The average molecular weight is 440 g/mol. The van der Waals surface area contributed by atoms with E-state index in [-0.39, 0.29) is 11.7 Å². The minimum Gasteiger partial charge on any atom is -0.322 e. The number of benzene rings is 2. The van der Waals surface area contributed by atoms with Crippen molar-refractivity contribution >= 4 is 34.8 Å². The van der Waals surface area contributed by atoms with Crippen LogP contribution in [-0.2, 0) is 11.2 Å². The topological polar surface area (TPSA) is 64.0 Å². The molecule has 1 aliphatic rings. The highest BCUT2D eigenvalue weighted by atomic mass is 32.1. The van der Waals surface area contributed by atoms with Gasteiger partial charge in [-0.1, -0.05) is 30.3 Å². The highest BCUT2D eigenvalue weighted by Gasteiger charge is 2.17. The Hall–Kier alpha value is -3.77. The van der Waals surface area contributed by atoms with Crippen molar-refractivity contribution < 1.29 is 9.59 Å². The number of hydrogen-bond donors (Lipinski definition) is 1. The van der Waals surface area contributed by atoms with Crippen LogP contribution in [0.3, 0.4) is 0 Å². The molecular weight excluding hydrogens is 418 g/mol. The minimum absolute atomic E-state index is 0.145. The molecule has 0 bridgehead atoms. The molecule has 0 spiro atoms. The lowest BCUT2D eigenvalue weighted by Crippen LogP contribution is -2.13. The maximum absolute atomic E-state index is 12.6. The van der Waals surface area contributed by atoms with Crippen molar-refractivity contribution in [2.24, 2.45) is 0 Å². The van der Waals surface area contributed by atoms with Crippen molar-refractivity contribution in [3.63, 3.8) is 0 Å². The molecule has 6 heteroatoms. The molecule has 0 unspecified atom stereocenters. The van der Waals surface area contributed by atoms with Crippen LogP contribution in [0.25, 0.3) is 22.3 Å². The van der Waals surface area contributed by atoms with Gasteiger partial charge < -0.3 is 5.32 Å². The third-order valence-corrected chi connectivity index (χ3v) is 6.34. The molecule has 0 atom stereocenters. The highest BCUT2D eigenvalue weighted by molar-refractivity contribution is 7.13. The lowest BCUT2D eigenvalue weighted by molar-refractivity contribution is -0.111. The number of carbonyl (C=O) groups excluding carboxylic acids is 2. The molecule has 1 amide bonds. The molecule has 2 aromatic carbocycles. The van der Waals surface area contributed by atoms with Gasteiger partial charge in [-0.25, -0.2) is 4.68 Å². The zero-order chi connectivity index (χ0) is 21.9. The number of nitrogens with one attached hydrogen (secondary N) is 1. The maximum Gasteiger partial charge on any atom is 0.248 e. The van der Waals surface area contributed by atoms with Gasteiger partial charge in [-0.05, 0) is 60.2 Å². The molecule has 0 radical (unpaired) electrons. The van der Waals surface area contributed by atoms with E-state index in [9.17, 15) is 9.59 Å². The van der Waals surface area contributed by atoms with Crippen molar-refractivity contribution in [3.05, 3.63) is 95.0 Å². The Bertz CT molecular complexity index is 1300. The first kappa shape index (κ1) is 20.2. The molecule has 32 heavy (non-hydrogen) atoms. The summed E-state index contributed by atoms with van der Waals surface area (Å²) in [5, 5.41) is 9.63. The number of amides is 1. The van der Waals surface area contributed by atoms with Gasteiger partial charge in [-0.2, -0.15) is 5.10 Å². The van der Waals surface area contributed by atoms with Crippen molar-refractivity contribution in [2.45, 2.75) is 19.3 Å². The number of anilines is 1. The fourth-order valence-corrected chi connectivity index (χ4v) is 4.61. The molecule has 0 fully saturated rings. The van der Waals surface area contributed by atoms with Crippen LogP contribution in [0.4, 0.5) is 5.69 Å². The van der Waals surface area contributed by atoms with E-state index in [1.54, 1.807) is 23.5 Å². The molecule has 2 heterocycles. The van der Waals surface area contributed by atoms with Gasteiger partial charge in [0.2, 0.25) is 5.91 Å². The largest absolute Gasteiger partial charge is 0.322 e. The summed E-state index contributed by atoms with van der Waals surface area (Å²) < 4.78 is 1.82. The normalized spacial score (nSPS) is 13.3. The van der Waals surface area contributed by atoms with Crippen LogP contribution in [0.15, 0.2) is 78.3 Å². The Morgan fingerprint density at radius 3 is 2.75 bits per heavy atom. The Labute approximate surface area is 190 Å². The monoisotopic (exact) mass is 439 g/mol. The summed E-state index contributed by atoms with van der Waals surface area (Å²) in [7, 11) is 0. The second-order valence-corrected chi connectivity index (χ2v) is 8.61. The van der Waals surface area contributed by atoms with Crippen LogP contribution in [0.2, 0.25) is 0 Å². The van der Waals surface area contributed by atoms with Crippen molar-refractivity contribution in [1.29, 1.82) is 0 Å². The molecule has 1 aliphatic carbocycles. The summed E-state index contributed by atoms with van der Waals surface area (Å²) in [6.45, 7) is 0. The molecule has 5 nitrogen and oxygen atoms in total. The summed E-state index contributed by atoms with van der Waals surface area (Å²) in [4.78, 5) is 25.8. The first-order valence-corrected chi connectivity index (χ1v) is 11.4. The second-order valence-electron chi connectivity index (χ2n) is 7.66. The van der Waals surface area contributed by atoms with Crippen LogP contribution in [0.5, 0.6) is 0 Å². The molecule has 158 valence electrons. The number of aryl methyl sites for hydroxylation is 1. The number of carbonyl (C=O) groups is 2. The smallest absolute Gasteiger partial charge is 0.248 e. The van der Waals surface area contributed by atoms with E-state index in [4.69, 9.17) is 5.10 Å². The lowest BCUT2D eigenvalue weighted by Gasteiger charge is -2.15. The van der Waals surface area contributed by atoms with Crippen LogP contribution in [0, 0.1) is 0 Å². The van der Waals surface area contributed by atoms with Crippen LogP contribution >= 0.6 is 11.3 Å². The quantitative estimate of drug-likeness (QED) is 0.402. The molecule has 0 aliphatic heterocycles. The van der Waals surface area contributed by atoms with Gasteiger partial charge in [0, 0.05) is 35.5 Å². The SMILES string of the molecule is O=C(C=Cc1cn(-c2ccccc2)nc1-c1cccs1)Nc1ccc2c(c1)C(=O)CCC2. The first-order valence-electron chi connectivity index (χ1n) is 10.5. The van der Waals surface area contributed by atoms with Gasteiger partial charge in [-0.15, -0.1) is 11.3 Å². The number of aromatic nitrogens is 2. The minimum atomic E-state index is -0.252. The molecule has 0 saturated carbocycles. The Morgan fingerprint density at radius 2 is 1.94 bits per heavy atom. The number of fused-ring (bicyclic) bond motifs is 1. The Kier molecular flexibility index (Phi) is 5.52. The summed E-state index contributed by atoms with van der Waals surface area (Å²) in [6, 6.07) is 19.5. The molecule has 4 aromatic rings. The number of thiophene rings is 1.